The minimum atomic E-state index is -1.18. The highest BCUT2D eigenvalue weighted by molar-refractivity contribution is 7.73. The summed E-state index contributed by atoms with van der Waals surface area (Å²) in [6, 6.07) is -0.827. The van der Waals surface area contributed by atoms with Crippen LogP contribution in [0.15, 0.2) is 0 Å². The van der Waals surface area contributed by atoms with Crippen molar-refractivity contribution in [1.29, 1.82) is 0 Å². The summed E-state index contributed by atoms with van der Waals surface area (Å²) >= 11 is 0. The molecule has 6 heteroatoms. The van der Waals surface area contributed by atoms with E-state index in [-0.39, 0.29) is 0 Å². The summed E-state index contributed by atoms with van der Waals surface area (Å²) in [6.07, 6.45) is 17.0. The number of hydrogen-bond donors (Lipinski definition) is 3. The van der Waals surface area contributed by atoms with Gasteiger partial charge in [-0.3, -0.25) is 0 Å². The Balaban J connectivity index is 0. The number of carbonyl (C=O) groups excluding carboxylic acids is 1. The molecule has 0 aromatic carbocycles. The zero-order chi connectivity index (χ0) is 21.0. The minimum absolute atomic E-state index is 0.371. The second-order valence-corrected chi connectivity index (χ2v) is 13.5. The van der Waals surface area contributed by atoms with Crippen LogP contribution in [-0.4, -0.2) is 56.4 Å². The molecule has 0 bridgehead atoms. The molecule has 0 saturated carbocycles. The van der Waals surface area contributed by atoms with Gasteiger partial charge < -0.3 is 26.5 Å². The highest BCUT2D eigenvalue weighted by Gasteiger charge is 2.15. The Morgan fingerprint density at radius 1 is 0.852 bits per heavy atom. The lowest BCUT2D eigenvalue weighted by atomic mass is 10.1. The van der Waals surface area contributed by atoms with Crippen LogP contribution in [0.25, 0.3) is 0 Å². The molecule has 0 aliphatic carbocycles. The Morgan fingerprint density at radius 2 is 1.30 bits per heavy atom. The van der Waals surface area contributed by atoms with Crippen molar-refractivity contribution in [2.45, 2.75) is 89.5 Å². The monoisotopic (exact) mass is 406 g/mol. The predicted octanol–water partition coefficient (Wildman–Crippen LogP) is 2.98. The molecule has 0 heterocycles. The van der Waals surface area contributed by atoms with Crippen molar-refractivity contribution < 1.29 is 15.0 Å². The molecule has 0 saturated heterocycles. The van der Waals surface area contributed by atoms with Crippen molar-refractivity contribution in [1.82, 2.24) is 0 Å². The van der Waals surface area contributed by atoms with Crippen LogP contribution in [0.1, 0.15) is 83.5 Å². The largest absolute Gasteiger partial charge is 0.548 e. The maximum Gasteiger partial charge on any atom is 0.0586 e. The number of carbonyl (C=O) groups is 1. The molecule has 0 unspecified atom stereocenters. The standard InChI is InChI=1S/C15H34OP.C6H14N2O2/c1-17(2,3)15-13-11-9-7-5-4-6-8-10-12-14-16;7-4-2-1-3-5(8)6(9)10/h16H,4-15H2,1-3H3;5H,1-4,7-8H2,(H,9,10)/q+1;/p-1/t;5-/m.0/s1. The SMILES string of the molecule is C[P+](C)(C)CCCCCCCCCCCCO.NCCCC[C@H](N)C(=O)[O-]. The third-order valence-corrected chi connectivity index (χ3v) is 6.17. The zero-order valence-corrected chi connectivity index (χ0v) is 19.2. The molecule has 0 aromatic rings. The van der Waals surface area contributed by atoms with Gasteiger partial charge in [-0.25, -0.2) is 0 Å². The number of nitrogens with two attached hydrogens (primary N) is 2. The van der Waals surface area contributed by atoms with E-state index in [0.29, 0.717) is 19.6 Å². The van der Waals surface area contributed by atoms with Crippen molar-refractivity contribution in [3.63, 3.8) is 0 Å². The number of carboxylic acids is 1. The van der Waals surface area contributed by atoms with E-state index in [0.717, 1.165) is 19.3 Å². The Labute approximate surface area is 169 Å². The smallest absolute Gasteiger partial charge is 0.0586 e. The third kappa shape index (κ3) is 28.1. The fraction of sp³-hybridized carbons (Fsp3) is 0.952. The lowest BCUT2D eigenvalue weighted by Gasteiger charge is -2.10. The second kappa shape index (κ2) is 20.5. The molecule has 5 nitrogen and oxygen atoms in total. The lowest BCUT2D eigenvalue weighted by molar-refractivity contribution is -0.307. The maximum absolute atomic E-state index is 10.0. The molecule has 0 amide bonds. The maximum atomic E-state index is 10.0. The Bertz CT molecular complexity index is 323. The van der Waals surface area contributed by atoms with E-state index in [2.05, 4.69) is 20.0 Å². The molecule has 0 aliphatic heterocycles. The van der Waals surface area contributed by atoms with E-state index < -0.39 is 19.3 Å². The number of unbranched alkanes of at least 4 members (excludes halogenated alkanes) is 10. The highest BCUT2D eigenvalue weighted by atomic mass is 31.2. The number of rotatable bonds is 17. The summed E-state index contributed by atoms with van der Waals surface area (Å²) in [7, 11) is -0.513. The van der Waals surface area contributed by atoms with Crippen LogP contribution in [-0.2, 0) is 4.79 Å². The van der Waals surface area contributed by atoms with E-state index in [1.807, 2.05) is 0 Å². The molecule has 5 N–H and O–H groups in total. The number of aliphatic hydroxyl groups excluding tert-OH is 1. The van der Waals surface area contributed by atoms with Crippen molar-refractivity contribution in [3.8, 4) is 0 Å². The number of carboxylic acid groups (broad SMARTS) is 1. The van der Waals surface area contributed by atoms with Gasteiger partial charge in [0.15, 0.2) is 0 Å². The molecule has 0 aliphatic rings. The number of hydrogen-bond acceptors (Lipinski definition) is 5. The fourth-order valence-electron chi connectivity index (χ4n) is 2.74. The van der Waals surface area contributed by atoms with Crippen molar-refractivity contribution in [2.24, 2.45) is 11.5 Å². The first-order valence-electron chi connectivity index (χ1n) is 10.8. The first-order valence-corrected chi connectivity index (χ1v) is 14.1. The summed E-state index contributed by atoms with van der Waals surface area (Å²) in [4.78, 5) is 10.0. The van der Waals surface area contributed by atoms with Gasteiger partial charge in [-0.2, -0.15) is 0 Å². The fourth-order valence-corrected chi connectivity index (χ4v) is 3.91. The van der Waals surface area contributed by atoms with Crippen molar-refractivity contribution in [3.05, 3.63) is 0 Å². The van der Waals surface area contributed by atoms with Crippen molar-refractivity contribution in [2.75, 3.05) is 39.3 Å². The van der Waals surface area contributed by atoms with Crippen LogP contribution < -0.4 is 16.6 Å². The van der Waals surface area contributed by atoms with Crippen LogP contribution >= 0.6 is 7.26 Å². The molecule has 0 radical (unpaired) electrons. The van der Waals surface area contributed by atoms with Crippen LogP contribution in [0.2, 0.25) is 0 Å². The average molecular weight is 407 g/mol. The summed E-state index contributed by atoms with van der Waals surface area (Å²) < 4.78 is 0. The lowest BCUT2D eigenvalue weighted by Crippen LogP contribution is -2.41. The van der Waals surface area contributed by atoms with Gasteiger partial charge in [-0.15, -0.1) is 0 Å². The molecular weight excluding hydrogens is 359 g/mol. The first kappa shape index (κ1) is 29.0. The molecule has 0 spiro atoms. The van der Waals surface area contributed by atoms with Gasteiger partial charge in [0, 0.05) is 39.9 Å². The number of aliphatic carboxylic acids is 1. The van der Waals surface area contributed by atoms with E-state index in [1.165, 1.54) is 63.9 Å². The van der Waals surface area contributed by atoms with Gasteiger partial charge in [0.25, 0.3) is 0 Å². The van der Waals surface area contributed by atoms with Gasteiger partial charge in [-0.05, 0) is 38.6 Å². The van der Waals surface area contributed by atoms with E-state index in [1.54, 1.807) is 0 Å². The van der Waals surface area contributed by atoms with E-state index >= 15 is 0 Å². The predicted molar refractivity (Wildman–Crippen MR) is 119 cm³/mol. The molecule has 1 atom stereocenters. The Kier molecular flexibility index (Phi) is 22.0. The minimum Gasteiger partial charge on any atom is -0.548 e. The van der Waals surface area contributed by atoms with E-state index in [4.69, 9.17) is 16.6 Å². The van der Waals surface area contributed by atoms with Gasteiger partial charge in [0.2, 0.25) is 0 Å². The molecule has 0 fully saturated rings. The summed E-state index contributed by atoms with van der Waals surface area (Å²) in [5.41, 5.74) is 10.3. The Hall–Kier alpha value is -0.220. The van der Waals surface area contributed by atoms with Crippen LogP contribution in [0.3, 0.4) is 0 Å². The van der Waals surface area contributed by atoms with E-state index in [9.17, 15) is 9.90 Å². The molecule has 27 heavy (non-hydrogen) atoms. The van der Waals surface area contributed by atoms with Gasteiger partial charge >= 0.3 is 0 Å². The zero-order valence-electron chi connectivity index (χ0n) is 18.3. The Morgan fingerprint density at radius 3 is 1.67 bits per heavy atom. The normalized spacial score (nSPS) is 12.4. The van der Waals surface area contributed by atoms with Gasteiger partial charge in [0.1, 0.15) is 0 Å². The summed E-state index contributed by atoms with van der Waals surface area (Å²) in [5, 5.41) is 18.7. The highest BCUT2D eigenvalue weighted by Crippen LogP contribution is 2.47. The summed E-state index contributed by atoms with van der Waals surface area (Å²) in [5.74, 6) is -1.18. The third-order valence-electron chi connectivity index (χ3n) is 4.51. The van der Waals surface area contributed by atoms with Crippen LogP contribution in [0.5, 0.6) is 0 Å². The quantitative estimate of drug-likeness (QED) is 0.254. The molecule has 164 valence electrons. The van der Waals surface area contributed by atoms with Crippen LogP contribution in [0, 0.1) is 0 Å². The molecule has 0 aromatic heterocycles. The average Bonchev–Trinajstić information content (AvgIpc) is 2.59. The topological polar surface area (TPSA) is 112 Å². The van der Waals surface area contributed by atoms with Gasteiger partial charge in [0.05, 0.1) is 12.1 Å². The van der Waals surface area contributed by atoms with Crippen LogP contribution in [0.4, 0.5) is 0 Å². The van der Waals surface area contributed by atoms with Crippen molar-refractivity contribution >= 4 is 13.2 Å². The first-order chi connectivity index (χ1) is 12.7. The molecule has 0 rings (SSSR count). The molecular formula is C21H47N2O3P. The second-order valence-electron chi connectivity index (χ2n) is 8.48. The summed E-state index contributed by atoms with van der Waals surface area (Å²) in [6.45, 7) is 8.29. The number of aliphatic hydroxyl groups is 1. The van der Waals surface area contributed by atoms with Gasteiger partial charge in [-0.1, -0.05) is 51.4 Å².